The number of fused-ring (bicyclic) bond motifs is 1. The Morgan fingerprint density at radius 2 is 2.11 bits per heavy atom. The van der Waals surface area contributed by atoms with Gasteiger partial charge in [-0.1, -0.05) is 26.0 Å². The molecule has 0 aromatic heterocycles. The summed E-state index contributed by atoms with van der Waals surface area (Å²) < 4.78 is 0. The molecule has 2 rings (SSSR count). The van der Waals surface area contributed by atoms with E-state index in [2.05, 4.69) is 42.4 Å². The van der Waals surface area contributed by atoms with Gasteiger partial charge in [-0.3, -0.25) is 4.99 Å². The first-order chi connectivity index (χ1) is 8.86. The first-order valence-corrected chi connectivity index (χ1v) is 9.96. The average molecular weight is 276 g/mol. The zero-order chi connectivity index (χ0) is 14.0. The molecule has 0 atom stereocenters. The van der Waals surface area contributed by atoms with Crippen LogP contribution in [0.25, 0.3) is 0 Å². The Hall–Kier alpha value is -0.973. The maximum atomic E-state index is 10.2. The zero-order valence-electron chi connectivity index (χ0n) is 12.3. The van der Waals surface area contributed by atoms with Gasteiger partial charge >= 0.3 is 0 Å². The van der Waals surface area contributed by atoms with Crippen LogP contribution in [-0.4, -0.2) is 31.0 Å². The van der Waals surface area contributed by atoms with Gasteiger partial charge in [0.1, 0.15) is 0 Å². The highest BCUT2D eigenvalue weighted by molar-refractivity contribution is 7.00. The third-order valence-electron chi connectivity index (χ3n) is 3.44. The Morgan fingerprint density at radius 3 is 2.74 bits per heavy atom. The molecule has 1 aliphatic rings. The van der Waals surface area contributed by atoms with Gasteiger partial charge in [0.15, 0.2) is 0 Å². The van der Waals surface area contributed by atoms with Crippen LogP contribution in [0, 0.1) is 0 Å². The molecule has 0 spiro atoms. The lowest BCUT2D eigenvalue weighted by molar-refractivity contribution is 0.571. The van der Waals surface area contributed by atoms with Gasteiger partial charge in [0.05, 0.1) is 5.69 Å². The van der Waals surface area contributed by atoms with Gasteiger partial charge in [-0.15, -0.1) is 0 Å². The van der Waals surface area contributed by atoms with E-state index in [9.17, 15) is 4.80 Å². The molecule has 2 N–H and O–H groups in total. The number of rotatable bonds is 5. The molecule has 1 heterocycles. The quantitative estimate of drug-likeness (QED) is 0.812. The molecule has 0 aliphatic carbocycles. The molecule has 3 nitrogen and oxygen atoms in total. The van der Waals surface area contributed by atoms with E-state index in [1.165, 1.54) is 11.1 Å². The highest BCUT2D eigenvalue weighted by Gasteiger charge is 2.29. The van der Waals surface area contributed by atoms with Crippen molar-refractivity contribution in [1.82, 2.24) is 5.32 Å². The van der Waals surface area contributed by atoms with Crippen molar-refractivity contribution in [2.45, 2.75) is 45.8 Å². The Bertz CT molecular complexity index is 489. The molecule has 1 aliphatic heterocycles. The van der Waals surface area contributed by atoms with Gasteiger partial charge in [-0.05, 0) is 43.3 Å². The largest absolute Gasteiger partial charge is 0.427 e. The Kier molecular flexibility index (Phi) is 4.23. The van der Waals surface area contributed by atoms with Crippen LogP contribution in [-0.2, 0) is 12.8 Å². The van der Waals surface area contributed by atoms with Crippen LogP contribution in [0.2, 0.25) is 13.1 Å². The van der Waals surface area contributed by atoms with Gasteiger partial charge < -0.3 is 10.1 Å². The van der Waals surface area contributed by atoms with E-state index in [4.69, 9.17) is 0 Å². The lowest BCUT2D eigenvalue weighted by Crippen LogP contribution is -2.37. The molecule has 0 saturated heterocycles. The second kappa shape index (κ2) is 5.57. The first-order valence-electron chi connectivity index (χ1n) is 7.02. The number of hydrogen-bond acceptors (Lipinski definition) is 3. The molecule has 0 fully saturated rings. The van der Waals surface area contributed by atoms with Crippen molar-refractivity contribution in [3.8, 4) is 0 Å². The smallest absolute Gasteiger partial charge is 0.229 e. The second-order valence-electron chi connectivity index (χ2n) is 6.12. The van der Waals surface area contributed by atoms with Crippen molar-refractivity contribution < 1.29 is 4.80 Å². The van der Waals surface area contributed by atoms with Crippen LogP contribution >= 0.6 is 0 Å². The molecule has 0 bridgehead atoms. The fourth-order valence-electron chi connectivity index (χ4n) is 2.24. The van der Waals surface area contributed by atoms with Crippen molar-refractivity contribution in [2.75, 3.05) is 6.54 Å². The van der Waals surface area contributed by atoms with E-state index in [0.29, 0.717) is 6.04 Å². The zero-order valence-corrected chi connectivity index (χ0v) is 13.3. The second-order valence-corrected chi connectivity index (χ2v) is 9.81. The molecule has 0 radical (unpaired) electrons. The van der Waals surface area contributed by atoms with E-state index >= 15 is 0 Å². The molecule has 0 saturated carbocycles. The lowest BCUT2D eigenvalue weighted by atomic mass is 10.1. The number of benzene rings is 1. The van der Waals surface area contributed by atoms with Crippen molar-refractivity contribution in [2.24, 2.45) is 4.99 Å². The summed E-state index contributed by atoms with van der Waals surface area (Å²) >= 11 is 0. The van der Waals surface area contributed by atoms with Crippen LogP contribution in [0.15, 0.2) is 23.2 Å². The Balaban J connectivity index is 2.06. The normalized spacial score (nSPS) is 14.7. The van der Waals surface area contributed by atoms with Gasteiger partial charge in [-0.25, -0.2) is 0 Å². The Morgan fingerprint density at radius 1 is 1.37 bits per heavy atom. The fourth-order valence-corrected chi connectivity index (χ4v) is 3.26. The summed E-state index contributed by atoms with van der Waals surface area (Å²) in [6.45, 7) is 9.18. The van der Waals surface area contributed by atoms with Crippen LogP contribution in [0.1, 0.15) is 25.0 Å². The lowest BCUT2D eigenvalue weighted by Gasteiger charge is -2.12. The van der Waals surface area contributed by atoms with Crippen LogP contribution in [0.4, 0.5) is 5.69 Å². The average Bonchev–Trinajstić information content (AvgIpc) is 2.71. The topological polar surface area (TPSA) is 44.6 Å². The third kappa shape index (κ3) is 3.75. The van der Waals surface area contributed by atoms with Gasteiger partial charge in [0, 0.05) is 17.8 Å². The Labute approximate surface area is 116 Å². The van der Waals surface area contributed by atoms with Crippen LogP contribution in [0.5, 0.6) is 0 Å². The van der Waals surface area contributed by atoms with Crippen LogP contribution < -0.4 is 5.32 Å². The number of hydrogen-bond donors (Lipinski definition) is 2. The van der Waals surface area contributed by atoms with Crippen molar-refractivity contribution in [3.05, 3.63) is 29.3 Å². The van der Waals surface area contributed by atoms with Gasteiger partial charge in [0.25, 0.3) is 0 Å². The van der Waals surface area contributed by atoms with Crippen molar-refractivity contribution in [1.29, 1.82) is 0 Å². The van der Waals surface area contributed by atoms with Crippen molar-refractivity contribution >= 4 is 19.3 Å². The first kappa shape index (κ1) is 14.4. The molecule has 19 heavy (non-hydrogen) atoms. The number of aliphatic imine (C=N–C) groups is 1. The number of nitrogens with one attached hydrogen (secondary N) is 1. The van der Waals surface area contributed by atoms with Gasteiger partial charge in [0.2, 0.25) is 8.32 Å². The minimum atomic E-state index is -2.24. The predicted octanol–water partition coefficient (Wildman–Crippen LogP) is 2.59. The van der Waals surface area contributed by atoms with E-state index in [-0.39, 0.29) is 0 Å². The highest BCUT2D eigenvalue weighted by atomic mass is 28.4. The van der Waals surface area contributed by atoms with Gasteiger partial charge in [-0.2, -0.15) is 0 Å². The van der Waals surface area contributed by atoms with Crippen molar-refractivity contribution in [3.63, 3.8) is 0 Å². The van der Waals surface area contributed by atoms with E-state index < -0.39 is 8.32 Å². The maximum Gasteiger partial charge on any atom is 0.229 e. The molecule has 0 amide bonds. The summed E-state index contributed by atoms with van der Waals surface area (Å²) in [4.78, 5) is 14.8. The summed E-state index contributed by atoms with van der Waals surface area (Å²) in [5.74, 6) is 0. The summed E-state index contributed by atoms with van der Waals surface area (Å²) in [5, 5.41) is 4.43. The van der Waals surface area contributed by atoms with E-state index in [1.54, 1.807) is 0 Å². The standard InChI is InChI=1S/C15H24N2OSi/c1-11(2)16-8-7-12-5-6-13-10-15(19(3,4)18)17-14(13)9-12/h5-6,9,11,16,18H,7-8,10H2,1-4H3. The summed E-state index contributed by atoms with van der Waals surface area (Å²) in [5.41, 5.74) is 3.63. The highest BCUT2D eigenvalue weighted by Crippen LogP contribution is 2.30. The summed E-state index contributed by atoms with van der Waals surface area (Å²) in [7, 11) is -2.24. The minimum Gasteiger partial charge on any atom is -0.427 e. The maximum absolute atomic E-state index is 10.2. The van der Waals surface area contributed by atoms with E-state index in [1.807, 2.05) is 13.1 Å². The molecular formula is C15H24N2OSi. The molecular weight excluding hydrogens is 252 g/mol. The monoisotopic (exact) mass is 276 g/mol. The fraction of sp³-hybridized carbons (Fsp3) is 0.533. The molecule has 0 unspecified atom stereocenters. The number of nitrogens with zero attached hydrogens (tertiary/aromatic N) is 1. The molecule has 1 aromatic carbocycles. The minimum absolute atomic E-state index is 0.528. The van der Waals surface area contributed by atoms with Crippen LogP contribution in [0.3, 0.4) is 0 Å². The third-order valence-corrected chi connectivity index (χ3v) is 5.14. The molecule has 4 heteroatoms. The van der Waals surface area contributed by atoms with E-state index in [0.717, 1.165) is 30.4 Å². The molecule has 104 valence electrons. The molecule has 1 aromatic rings. The SMILES string of the molecule is CC(C)NCCc1ccc2c(c1)N=C([Si](C)(C)O)C2. The summed E-state index contributed by atoms with van der Waals surface area (Å²) in [6, 6.07) is 7.05. The predicted molar refractivity (Wildman–Crippen MR) is 83.8 cm³/mol. The summed E-state index contributed by atoms with van der Waals surface area (Å²) in [6.07, 6.45) is 1.85.